The SMILES string of the molecule is CC(C)c1ccc(C2(C(C)C)C=CC=CC2)cc1. The van der Waals surface area contributed by atoms with Crippen molar-refractivity contribution in [3.63, 3.8) is 0 Å². The van der Waals surface area contributed by atoms with Crippen molar-refractivity contribution >= 4 is 0 Å². The molecular formula is C18H24. The van der Waals surface area contributed by atoms with Gasteiger partial charge in [-0.05, 0) is 29.4 Å². The van der Waals surface area contributed by atoms with Crippen LogP contribution in [-0.4, -0.2) is 0 Å². The van der Waals surface area contributed by atoms with Crippen LogP contribution >= 0.6 is 0 Å². The van der Waals surface area contributed by atoms with E-state index < -0.39 is 0 Å². The van der Waals surface area contributed by atoms with Crippen molar-refractivity contribution in [2.24, 2.45) is 5.92 Å². The van der Waals surface area contributed by atoms with Gasteiger partial charge in [-0.15, -0.1) is 0 Å². The zero-order valence-corrected chi connectivity index (χ0v) is 12.0. The molecule has 1 aliphatic carbocycles. The summed E-state index contributed by atoms with van der Waals surface area (Å²) in [4.78, 5) is 0. The van der Waals surface area contributed by atoms with Crippen molar-refractivity contribution in [1.29, 1.82) is 0 Å². The molecule has 0 aliphatic heterocycles. The van der Waals surface area contributed by atoms with Gasteiger partial charge in [-0.3, -0.25) is 0 Å². The fraction of sp³-hybridized carbons (Fsp3) is 0.444. The van der Waals surface area contributed by atoms with Gasteiger partial charge in [-0.25, -0.2) is 0 Å². The van der Waals surface area contributed by atoms with E-state index in [1.54, 1.807) is 0 Å². The van der Waals surface area contributed by atoms with Crippen LogP contribution in [-0.2, 0) is 5.41 Å². The first-order valence-corrected chi connectivity index (χ1v) is 7.01. The first-order chi connectivity index (χ1) is 8.56. The van der Waals surface area contributed by atoms with Gasteiger partial charge in [0, 0.05) is 5.41 Å². The van der Waals surface area contributed by atoms with Gasteiger partial charge in [0.25, 0.3) is 0 Å². The maximum absolute atomic E-state index is 2.38. The second-order valence-electron chi connectivity index (χ2n) is 5.96. The fourth-order valence-corrected chi connectivity index (χ4v) is 2.79. The maximum atomic E-state index is 2.38. The molecule has 1 aromatic rings. The van der Waals surface area contributed by atoms with Crippen molar-refractivity contribution in [3.05, 3.63) is 59.7 Å². The molecule has 0 radical (unpaired) electrons. The molecule has 1 unspecified atom stereocenters. The van der Waals surface area contributed by atoms with Gasteiger partial charge >= 0.3 is 0 Å². The van der Waals surface area contributed by atoms with Crippen LogP contribution in [0.25, 0.3) is 0 Å². The molecule has 18 heavy (non-hydrogen) atoms. The highest BCUT2D eigenvalue weighted by atomic mass is 14.4. The Bertz CT molecular complexity index is 445. The standard InChI is InChI=1S/C18H24/c1-14(2)16-8-10-17(11-9-16)18(15(3)4)12-6-5-7-13-18/h5-12,14-15H,13H2,1-4H3. The van der Waals surface area contributed by atoms with Crippen LogP contribution in [0.3, 0.4) is 0 Å². The minimum absolute atomic E-state index is 0.185. The summed E-state index contributed by atoms with van der Waals surface area (Å²) in [6.07, 6.45) is 10.1. The molecule has 2 rings (SSSR count). The Balaban J connectivity index is 2.38. The monoisotopic (exact) mass is 240 g/mol. The normalized spacial score (nSPS) is 23.0. The van der Waals surface area contributed by atoms with Crippen LogP contribution in [0.5, 0.6) is 0 Å². The quantitative estimate of drug-likeness (QED) is 0.679. The lowest BCUT2D eigenvalue weighted by molar-refractivity contribution is 0.385. The highest BCUT2D eigenvalue weighted by Gasteiger charge is 2.32. The smallest absolute Gasteiger partial charge is 0.0192 e. The molecule has 0 bridgehead atoms. The highest BCUT2D eigenvalue weighted by Crippen LogP contribution is 2.39. The third-order valence-electron chi connectivity index (χ3n) is 4.24. The molecule has 0 heterocycles. The molecule has 1 aromatic carbocycles. The minimum Gasteiger partial charge on any atom is -0.0833 e. The molecule has 0 fully saturated rings. The predicted molar refractivity (Wildman–Crippen MR) is 79.9 cm³/mol. The van der Waals surface area contributed by atoms with Crippen molar-refractivity contribution < 1.29 is 0 Å². The Morgan fingerprint density at radius 1 is 0.944 bits per heavy atom. The van der Waals surface area contributed by atoms with Gasteiger partial charge in [-0.1, -0.05) is 76.3 Å². The summed E-state index contributed by atoms with van der Waals surface area (Å²) in [5.74, 6) is 1.22. The topological polar surface area (TPSA) is 0 Å². The fourth-order valence-electron chi connectivity index (χ4n) is 2.79. The Labute approximate surface area is 111 Å². The summed E-state index contributed by atoms with van der Waals surface area (Å²) in [5.41, 5.74) is 3.06. The third-order valence-corrected chi connectivity index (χ3v) is 4.24. The molecule has 0 saturated heterocycles. The third kappa shape index (κ3) is 2.29. The van der Waals surface area contributed by atoms with Crippen LogP contribution in [0.1, 0.15) is 51.2 Å². The number of hydrogen-bond acceptors (Lipinski definition) is 0. The van der Waals surface area contributed by atoms with Gasteiger partial charge in [0.1, 0.15) is 0 Å². The zero-order valence-electron chi connectivity index (χ0n) is 12.0. The number of allylic oxidation sites excluding steroid dienone is 4. The lowest BCUT2D eigenvalue weighted by Gasteiger charge is -2.36. The number of rotatable bonds is 3. The average molecular weight is 240 g/mol. The van der Waals surface area contributed by atoms with E-state index in [0.29, 0.717) is 11.8 Å². The molecule has 0 nitrogen and oxygen atoms in total. The largest absolute Gasteiger partial charge is 0.0833 e. The van der Waals surface area contributed by atoms with Crippen LogP contribution in [0.2, 0.25) is 0 Å². The van der Waals surface area contributed by atoms with Crippen LogP contribution in [0.15, 0.2) is 48.6 Å². The van der Waals surface area contributed by atoms with E-state index in [0.717, 1.165) is 6.42 Å². The molecule has 0 saturated carbocycles. The molecular weight excluding hydrogens is 216 g/mol. The Morgan fingerprint density at radius 3 is 2.06 bits per heavy atom. The van der Waals surface area contributed by atoms with Gasteiger partial charge in [-0.2, -0.15) is 0 Å². The molecule has 1 atom stereocenters. The first-order valence-electron chi connectivity index (χ1n) is 7.01. The predicted octanol–water partition coefficient (Wildman–Crippen LogP) is 5.22. The second-order valence-corrected chi connectivity index (χ2v) is 5.96. The molecule has 0 spiro atoms. The van der Waals surface area contributed by atoms with E-state index in [2.05, 4.69) is 76.3 Å². The molecule has 0 amide bonds. The van der Waals surface area contributed by atoms with E-state index in [1.807, 2.05) is 0 Å². The Morgan fingerprint density at radius 2 is 1.61 bits per heavy atom. The summed E-state index contributed by atoms with van der Waals surface area (Å²) in [7, 11) is 0. The molecule has 1 aliphatic rings. The lowest BCUT2D eigenvalue weighted by atomic mass is 9.68. The Hall–Kier alpha value is -1.30. The van der Waals surface area contributed by atoms with Crippen LogP contribution in [0.4, 0.5) is 0 Å². The number of hydrogen-bond donors (Lipinski definition) is 0. The van der Waals surface area contributed by atoms with Crippen molar-refractivity contribution in [3.8, 4) is 0 Å². The lowest BCUT2D eigenvalue weighted by Crippen LogP contribution is -2.30. The van der Waals surface area contributed by atoms with E-state index in [-0.39, 0.29) is 5.41 Å². The Kier molecular flexibility index (Phi) is 3.75. The molecule has 0 N–H and O–H groups in total. The maximum Gasteiger partial charge on any atom is 0.0192 e. The summed E-state index contributed by atoms with van der Waals surface area (Å²) in [5, 5.41) is 0. The average Bonchev–Trinajstić information content (AvgIpc) is 2.39. The summed E-state index contributed by atoms with van der Waals surface area (Å²) in [6.45, 7) is 9.13. The van der Waals surface area contributed by atoms with Gasteiger partial charge in [0.05, 0.1) is 0 Å². The van der Waals surface area contributed by atoms with Gasteiger partial charge < -0.3 is 0 Å². The highest BCUT2D eigenvalue weighted by molar-refractivity contribution is 5.38. The summed E-state index contributed by atoms with van der Waals surface area (Å²) in [6, 6.07) is 9.21. The first kappa shape index (κ1) is 13.1. The van der Waals surface area contributed by atoms with E-state index in [1.165, 1.54) is 11.1 Å². The summed E-state index contributed by atoms with van der Waals surface area (Å²) < 4.78 is 0. The van der Waals surface area contributed by atoms with Crippen molar-refractivity contribution in [2.45, 2.75) is 45.4 Å². The molecule has 0 heteroatoms. The van der Waals surface area contributed by atoms with E-state index >= 15 is 0 Å². The summed E-state index contributed by atoms with van der Waals surface area (Å²) >= 11 is 0. The van der Waals surface area contributed by atoms with Crippen LogP contribution in [0, 0.1) is 5.92 Å². The molecule has 0 aromatic heterocycles. The van der Waals surface area contributed by atoms with E-state index in [9.17, 15) is 0 Å². The van der Waals surface area contributed by atoms with Crippen molar-refractivity contribution in [1.82, 2.24) is 0 Å². The van der Waals surface area contributed by atoms with Gasteiger partial charge in [0.2, 0.25) is 0 Å². The second kappa shape index (κ2) is 5.14. The number of benzene rings is 1. The zero-order chi connectivity index (χ0) is 13.2. The van der Waals surface area contributed by atoms with E-state index in [4.69, 9.17) is 0 Å². The minimum atomic E-state index is 0.185. The van der Waals surface area contributed by atoms with Crippen molar-refractivity contribution in [2.75, 3.05) is 0 Å². The van der Waals surface area contributed by atoms with Gasteiger partial charge in [0.15, 0.2) is 0 Å². The van der Waals surface area contributed by atoms with Crippen LogP contribution < -0.4 is 0 Å². The molecule has 96 valence electrons.